The Balaban J connectivity index is 2.28. The summed E-state index contributed by atoms with van der Waals surface area (Å²) in [5.74, 6) is 0.649. The first-order chi connectivity index (χ1) is 11.7. The first kappa shape index (κ1) is 19.6. The van der Waals surface area contributed by atoms with E-state index in [1.165, 1.54) is 4.31 Å². The normalized spacial score (nSPS) is 17.6. The fourth-order valence-electron chi connectivity index (χ4n) is 3.12. The maximum atomic E-state index is 12.7. The zero-order valence-corrected chi connectivity index (χ0v) is 16.3. The highest BCUT2D eigenvalue weighted by atomic mass is 32.2. The molecule has 0 unspecified atom stereocenters. The first-order valence-corrected chi connectivity index (χ1v) is 10.3. The molecule has 1 heterocycles. The maximum absolute atomic E-state index is 12.7. The largest absolute Gasteiger partial charge is 0.476 e. The lowest BCUT2D eigenvalue weighted by Crippen LogP contribution is -2.54. The van der Waals surface area contributed by atoms with Crippen molar-refractivity contribution in [3.63, 3.8) is 0 Å². The van der Waals surface area contributed by atoms with Gasteiger partial charge >= 0.3 is 0 Å². The molecule has 0 saturated heterocycles. The Morgan fingerprint density at radius 1 is 1.24 bits per heavy atom. The van der Waals surface area contributed by atoms with Crippen LogP contribution in [0.3, 0.4) is 0 Å². The van der Waals surface area contributed by atoms with Crippen molar-refractivity contribution in [3.05, 3.63) is 24.3 Å². The van der Waals surface area contributed by atoms with E-state index in [0.29, 0.717) is 11.4 Å². The van der Waals surface area contributed by atoms with Gasteiger partial charge in [0.05, 0.1) is 18.0 Å². The van der Waals surface area contributed by atoms with Crippen LogP contribution in [0.5, 0.6) is 5.75 Å². The van der Waals surface area contributed by atoms with E-state index >= 15 is 0 Å². The van der Waals surface area contributed by atoms with Crippen molar-refractivity contribution in [2.45, 2.75) is 46.8 Å². The molecule has 2 rings (SSSR count). The molecule has 6 nitrogen and oxygen atoms in total. The van der Waals surface area contributed by atoms with Crippen LogP contribution in [0, 0.1) is 11.8 Å². The SMILES string of the molecule is CCS(=O)(=O)N1C[C@@H](C(=O)NC(C(C)C)C(C)C)Oc2ccccc21. The number of nitrogens with zero attached hydrogens (tertiary/aromatic N) is 1. The molecule has 0 fully saturated rings. The number of amides is 1. The Labute approximate surface area is 150 Å². The molecule has 7 heteroatoms. The fourth-order valence-corrected chi connectivity index (χ4v) is 4.24. The van der Waals surface area contributed by atoms with E-state index < -0.39 is 16.1 Å². The number of hydrogen-bond acceptors (Lipinski definition) is 4. The van der Waals surface area contributed by atoms with Crippen molar-refractivity contribution >= 4 is 21.6 Å². The molecule has 0 aromatic heterocycles. The number of ether oxygens (including phenoxy) is 1. The zero-order chi connectivity index (χ0) is 18.8. The van der Waals surface area contributed by atoms with Crippen molar-refractivity contribution in [2.24, 2.45) is 11.8 Å². The summed E-state index contributed by atoms with van der Waals surface area (Å²) < 4.78 is 32.0. The molecule has 1 atom stereocenters. The molecule has 25 heavy (non-hydrogen) atoms. The number of rotatable bonds is 6. The van der Waals surface area contributed by atoms with E-state index in [1.54, 1.807) is 31.2 Å². The number of carbonyl (C=O) groups excluding carboxylic acids is 1. The fraction of sp³-hybridized carbons (Fsp3) is 0.611. The van der Waals surface area contributed by atoms with Crippen LogP contribution in [-0.4, -0.2) is 38.8 Å². The van der Waals surface area contributed by atoms with Gasteiger partial charge in [-0.25, -0.2) is 8.42 Å². The minimum absolute atomic E-state index is 0.00417. The molecule has 0 radical (unpaired) electrons. The van der Waals surface area contributed by atoms with Gasteiger partial charge in [0.1, 0.15) is 5.75 Å². The van der Waals surface area contributed by atoms with Crippen molar-refractivity contribution < 1.29 is 17.9 Å². The summed E-state index contributed by atoms with van der Waals surface area (Å²) in [4.78, 5) is 12.7. The van der Waals surface area contributed by atoms with Gasteiger partial charge in [0.2, 0.25) is 10.0 Å². The molecule has 1 N–H and O–H groups in total. The molecule has 1 amide bonds. The average Bonchev–Trinajstić information content (AvgIpc) is 2.57. The Kier molecular flexibility index (Phi) is 5.98. The van der Waals surface area contributed by atoms with Crippen LogP contribution < -0.4 is 14.4 Å². The third-order valence-corrected chi connectivity index (χ3v) is 6.22. The summed E-state index contributed by atoms with van der Waals surface area (Å²) in [5, 5.41) is 3.02. The smallest absolute Gasteiger partial charge is 0.263 e. The Hall–Kier alpha value is -1.76. The van der Waals surface area contributed by atoms with Crippen LogP contribution in [0.2, 0.25) is 0 Å². The van der Waals surface area contributed by atoms with Gasteiger partial charge in [-0.3, -0.25) is 9.10 Å². The van der Waals surface area contributed by atoms with Crippen LogP contribution >= 0.6 is 0 Å². The van der Waals surface area contributed by atoms with E-state index in [0.717, 1.165) is 0 Å². The number of fused-ring (bicyclic) bond motifs is 1. The third-order valence-electron chi connectivity index (χ3n) is 4.47. The maximum Gasteiger partial charge on any atom is 0.263 e. The molecule has 0 spiro atoms. The van der Waals surface area contributed by atoms with E-state index in [2.05, 4.69) is 33.0 Å². The lowest BCUT2D eigenvalue weighted by Gasteiger charge is -2.36. The quantitative estimate of drug-likeness (QED) is 0.837. The Morgan fingerprint density at radius 2 is 1.84 bits per heavy atom. The van der Waals surface area contributed by atoms with Gasteiger partial charge in [-0.05, 0) is 30.9 Å². The predicted molar refractivity (Wildman–Crippen MR) is 99.3 cm³/mol. The number of hydrogen-bond donors (Lipinski definition) is 1. The summed E-state index contributed by atoms with van der Waals surface area (Å²) in [6.07, 6.45) is -0.865. The minimum Gasteiger partial charge on any atom is -0.476 e. The average molecular weight is 368 g/mol. The summed E-state index contributed by atoms with van der Waals surface area (Å²) in [6.45, 7) is 9.79. The second-order valence-electron chi connectivity index (χ2n) is 7.03. The lowest BCUT2D eigenvalue weighted by molar-refractivity contribution is -0.129. The Bertz CT molecular complexity index is 708. The lowest BCUT2D eigenvalue weighted by atomic mass is 9.93. The number of nitrogens with one attached hydrogen (secondary N) is 1. The second-order valence-corrected chi connectivity index (χ2v) is 9.21. The topological polar surface area (TPSA) is 75.7 Å². The molecule has 1 aromatic carbocycles. The van der Waals surface area contributed by atoms with Gasteiger partial charge in [-0.15, -0.1) is 0 Å². The summed E-state index contributed by atoms with van der Waals surface area (Å²) in [5.41, 5.74) is 0.484. The first-order valence-electron chi connectivity index (χ1n) is 8.73. The number of anilines is 1. The van der Waals surface area contributed by atoms with Crippen molar-refractivity contribution in [1.82, 2.24) is 5.32 Å². The summed E-state index contributed by atoms with van der Waals surface area (Å²) in [6, 6.07) is 6.91. The van der Waals surface area contributed by atoms with Crippen LogP contribution in [0.25, 0.3) is 0 Å². The number of sulfonamides is 1. The van der Waals surface area contributed by atoms with Crippen LogP contribution in [0.4, 0.5) is 5.69 Å². The minimum atomic E-state index is -3.49. The van der Waals surface area contributed by atoms with Crippen molar-refractivity contribution in [1.29, 1.82) is 0 Å². The van der Waals surface area contributed by atoms with Gasteiger partial charge in [0.15, 0.2) is 6.10 Å². The summed E-state index contributed by atoms with van der Waals surface area (Å²) in [7, 11) is -3.49. The molecule has 140 valence electrons. The Morgan fingerprint density at radius 3 is 2.40 bits per heavy atom. The second kappa shape index (κ2) is 7.64. The summed E-state index contributed by atoms with van der Waals surface area (Å²) >= 11 is 0. The van der Waals surface area contributed by atoms with Crippen LogP contribution in [0.1, 0.15) is 34.6 Å². The molecular weight excluding hydrogens is 340 g/mol. The standard InChI is InChI=1S/C18H28N2O4S/c1-6-25(22,23)20-11-16(24-15-10-8-7-9-14(15)20)18(21)19-17(12(2)3)13(4)5/h7-10,12-13,16-17H,6,11H2,1-5H3,(H,19,21)/t16-/m0/s1. The molecular formula is C18H28N2O4S. The van der Waals surface area contributed by atoms with E-state index in [9.17, 15) is 13.2 Å². The van der Waals surface area contributed by atoms with Gasteiger partial charge in [0, 0.05) is 6.04 Å². The van der Waals surface area contributed by atoms with Crippen molar-refractivity contribution in [2.75, 3.05) is 16.6 Å². The highest BCUT2D eigenvalue weighted by Crippen LogP contribution is 2.35. The highest BCUT2D eigenvalue weighted by molar-refractivity contribution is 7.92. The molecule has 0 saturated carbocycles. The van der Waals surface area contributed by atoms with Crippen molar-refractivity contribution in [3.8, 4) is 5.75 Å². The third kappa shape index (κ3) is 4.26. The van der Waals surface area contributed by atoms with Crippen LogP contribution in [-0.2, 0) is 14.8 Å². The van der Waals surface area contributed by atoms with Gasteiger partial charge in [-0.2, -0.15) is 0 Å². The molecule has 0 bridgehead atoms. The predicted octanol–water partition coefficient (Wildman–Crippen LogP) is 2.40. The zero-order valence-electron chi connectivity index (χ0n) is 15.5. The van der Waals surface area contributed by atoms with Gasteiger partial charge < -0.3 is 10.1 Å². The molecule has 1 aliphatic rings. The molecule has 1 aliphatic heterocycles. The van der Waals surface area contributed by atoms with E-state index in [-0.39, 0.29) is 36.1 Å². The van der Waals surface area contributed by atoms with E-state index in [1.807, 2.05) is 0 Å². The number of carbonyl (C=O) groups is 1. The number of benzene rings is 1. The van der Waals surface area contributed by atoms with Gasteiger partial charge in [-0.1, -0.05) is 39.8 Å². The van der Waals surface area contributed by atoms with Gasteiger partial charge in [0.25, 0.3) is 5.91 Å². The van der Waals surface area contributed by atoms with Crippen LogP contribution in [0.15, 0.2) is 24.3 Å². The molecule has 0 aliphatic carbocycles. The monoisotopic (exact) mass is 368 g/mol. The molecule has 1 aromatic rings. The number of para-hydroxylation sites is 2. The van der Waals surface area contributed by atoms with E-state index in [4.69, 9.17) is 4.74 Å². The highest BCUT2D eigenvalue weighted by Gasteiger charge is 2.36.